The molecule has 2 aromatic rings. The number of esters is 1. The van der Waals surface area contributed by atoms with Crippen molar-refractivity contribution in [3.63, 3.8) is 0 Å². The lowest BCUT2D eigenvalue weighted by Gasteiger charge is -2.28. The Morgan fingerprint density at radius 2 is 1.88 bits per heavy atom. The molecule has 0 saturated carbocycles. The maximum Gasteiger partial charge on any atom is 0.373 e. The molecule has 4 atom stereocenters. The van der Waals surface area contributed by atoms with E-state index in [-0.39, 0.29) is 17.9 Å². The van der Waals surface area contributed by atoms with Crippen LogP contribution in [-0.2, 0) is 24.7 Å². The minimum atomic E-state index is -1.27. The Kier molecular flexibility index (Phi) is 3.93. The van der Waals surface area contributed by atoms with Gasteiger partial charge in [0, 0.05) is 12.6 Å². The number of hydrogen-bond donors (Lipinski definition) is 1. The molecule has 1 aromatic carbocycles. The van der Waals surface area contributed by atoms with Crippen molar-refractivity contribution in [1.82, 2.24) is 4.90 Å². The number of likely N-dealkylation sites (tertiary alicyclic amines) is 1. The van der Waals surface area contributed by atoms with E-state index in [4.69, 9.17) is 4.74 Å². The maximum absolute atomic E-state index is 13.0. The van der Waals surface area contributed by atoms with Crippen molar-refractivity contribution in [2.75, 3.05) is 14.2 Å². The lowest BCUT2D eigenvalue weighted by Crippen LogP contribution is -2.96. The predicted molar refractivity (Wildman–Crippen MR) is 93.9 cm³/mol. The molecule has 0 spiro atoms. The maximum atomic E-state index is 13.0. The Morgan fingerprint density at radius 3 is 2.50 bits per heavy atom. The fourth-order valence-electron chi connectivity index (χ4n) is 4.38. The molecule has 26 heavy (non-hydrogen) atoms. The number of hydrogen-bond acceptors (Lipinski definition) is 5. The molecule has 2 N–H and O–H groups in total. The quantitative estimate of drug-likeness (QED) is 0.635. The first-order chi connectivity index (χ1) is 12.5. The number of quaternary nitrogens is 1. The first-order valence-electron chi connectivity index (χ1n) is 8.37. The van der Waals surface area contributed by atoms with Crippen molar-refractivity contribution in [2.45, 2.75) is 11.6 Å². The van der Waals surface area contributed by atoms with Gasteiger partial charge in [0.05, 0.1) is 12.0 Å². The summed E-state index contributed by atoms with van der Waals surface area (Å²) in [5.74, 6) is -2.46. The second-order valence-corrected chi connectivity index (χ2v) is 7.65. The Morgan fingerprint density at radius 1 is 1.15 bits per heavy atom. The van der Waals surface area contributed by atoms with Crippen molar-refractivity contribution < 1.29 is 24.4 Å². The highest BCUT2D eigenvalue weighted by molar-refractivity contribution is 7.10. The number of nitrogens with two attached hydrogens (primary N) is 1. The van der Waals surface area contributed by atoms with E-state index in [2.05, 4.69) is 0 Å². The van der Waals surface area contributed by atoms with E-state index in [9.17, 15) is 14.4 Å². The molecule has 7 heteroatoms. The zero-order chi connectivity index (χ0) is 18.5. The van der Waals surface area contributed by atoms with Crippen LogP contribution >= 0.6 is 11.3 Å². The third-order valence-corrected chi connectivity index (χ3v) is 6.51. The molecule has 3 heterocycles. The Hall–Kier alpha value is -2.51. The van der Waals surface area contributed by atoms with Gasteiger partial charge in [0.15, 0.2) is 0 Å². The molecule has 2 saturated heterocycles. The average molecular weight is 371 g/mol. The fraction of sp³-hybridized carbons (Fsp3) is 0.316. The Balaban J connectivity index is 1.95. The number of fused-ring (bicyclic) bond motifs is 1. The van der Waals surface area contributed by atoms with E-state index >= 15 is 0 Å². The van der Waals surface area contributed by atoms with Gasteiger partial charge >= 0.3 is 5.97 Å². The third-order valence-electron chi connectivity index (χ3n) is 5.54. The number of imide groups is 1. The van der Waals surface area contributed by atoms with Crippen LogP contribution in [0.5, 0.6) is 0 Å². The zero-order valence-electron chi connectivity index (χ0n) is 14.4. The fourth-order valence-corrected chi connectivity index (χ4v) is 5.22. The number of carbonyl (C=O) groups is 3. The van der Waals surface area contributed by atoms with Gasteiger partial charge in [-0.15, -0.1) is 11.3 Å². The molecule has 1 aromatic heterocycles. The topological polar surface area (TPSA) is 80.3 Å². The normalized spacial score (nSPS) is 30.5. The first-order valence-corrected chi connectivity index (χ1v) is 9.25. The summed E-state index contributed by atoms with van der Waals surface area (Å²) in [6, 6.07) is 12.7. The molecule has 0 aliphatic carbocycles. The monoisotopic (exact) mass is 371 g/mol. The van der Waals surface area contributed by atoms with Crippen molar-refractivity contribution in [3.8, 4) is 0 Å². The minimum absolute atomic E-state index is 0.239. The SMILES string of the molecule is COC(=O)[C@]1(c2ccccc2)[NH2+][C@@H](c2cccs2)[C@H]2C(=O)N(C)C(=O)[C@H]21. The van der Waals surface area contributed by atoms with E-state index in [1.165, 1.54) is 25.5 Å². The molecule has 0 unspecified atom stereocenters. The molecular weight excluding hydrogens is 352 g/mol. The highest BCUT2D eigenvalue weighted by Gasteiger charge is 2.73. The van der Waals surface area contributed by atoms with Gasteiger partial charge in [0.2, 0.25) is 17.4 Å². The molecule has 2 aliphatic heterocycles. The molecule has 2 fully saturated rings. The largest absolute Gasteiger partial charge is 0.464 e. The number of thiophene rings is 1. The van der Waals surface area contributed by atoms with Gasteiger partial charge < -0.3 is 10.1 Å². The predicted octanol–water partition coefficient (Wildman–Crippen LogP) is 0.666. The van der Waals surface area contributed by atoms with Crippen LogP contribution in [0.4, 0.5) is 0 Å². The molecule has 134 valence electrons. The van der Waals surface area contributed by atoms with Crippen molar-refractivity contribution in [3.05, 3.63) is 58.3 Å². The molecule has 2 aliphatic rings. The van der Waals surface area contributed by atoms with Gasteiger partial charge in [-0.3, -0.25) is 14.5 Å². The van der Waals surface area contributed by atoms with Crippen LogP contribution < -0.4 is 5.32 Å². The van der Waals surface area contributed by atoms with Gasteiger partial charge in [-0.1, -0.05) is 36.4 Å². The van der Waals surface area contributed by atoms with Crippen molar-refractivity contribution in [2.24, 2.45) is 11.8 Å². The molecule has 2 amide bonds. The number of amides is 2. The summed E-state index contributed by atoms with van der Waals surface area (Å²) in [5.41, 5.74) is -0.593. The van der Waals surface area contributed by atoms with Crippen LogP contribution in [0, 0.1) is 11.8 Å². The summed E-state index contributed by atoms with van der Waals surface area (Å²) in [6.45, 7) is 0. The lowest BCUT2D eigenvalue weighted by molar-refractivity contribution is -0.741. The van der Waals surface area contributed by atoms with Crippen LogP contribution in [-0.4, -0.2) is 36.8 Å². The summed E-state index contributed by atoms with van der Waals surface area (Å²) in [7, 11) is 2.81. The summed E-state index contributed by atoms with van der Waals surface area (Å²) in [5, 5.41) is 3.79. The van der Waals surface area contributed by atoms with Crippen LogP contribution in [0.15, 0.2) is 47.8 Å². The minimum Gasteiger partial charge on any atom is -0.464 e. The van der Waals surface area contributed by atoms with Crippen molar-refractivity contribution in [1.29, 1.82) is 0 Å². The van der Waals surface area contributed by atoms with E-state index in [1.807, 2.05) is 53.2 Å². The van der Waals surface area contributed by atoms with Crippen LogP contribution in [0.1, 0.15) is 16.5 Å². The number of carbonyl (C=O) groups excluding carboxylic acids is 3. The number of ether oxygens (including phenoxy) is 1. The van der Waals surface area contributed by atoms with E-state index < -0.39 is 23.3 Å². The molecular formula is C19H19N2O4S+. The molecule has 6 nitrogen and oxygen atoms in total. The summed E-state index contributed by atoms with van der Waals surface area (Å²) < 4.78 is 5.14. The number of rotatable bonds is 3. The van der Waals surface area contributed by atoms with E-state index in [0.29, 0.717) is 5.56 Å². The Bertz CT molecular complexity index is 867. The van der Waals surface area contributed by atoms with Crippen LogP contribution in [0.2, 0.25) is 0 Å². The van der Waals surface area contributed by atoms with E-state index in [0.717, 1.165) is 9.78 Å². The van der Waals surface area contributed by atoms with Crippen LogP contribution in [0.3, 0.4) is 0 Å². The summed E-state index contributed by atoms with van der Waals surface area (Å²) >= 11 is 1.52. The molecule has 0 bridgehead atoms. The lowest BCUT2D eigenvalue weighted by atomic mass is 9.75. The number of benzene rings is 1. The van der Waals surface area contributed by atoms with Gasteiger partial charge in [0.1, 0.15) is 17.9 Å². The van der Waals surface area contributed by atoms with E-state index in [1.54, 1.807) is 0 Å². The van der Waals surface area contributed by atoms with Gasteiger partial charge in [0.25, 0.3) is 0 Å². The standard InChI is InChI=1S/C19H18N2O4S/c1-21-16(22)13-14(17(21)23)19(18(24)25-2,11-7-4-3-5-8-11)20-15(13)12-9-6-10-26-12/h3-10,13-15,20H,1-2H3/p+1/t13-,14-,15-,19+/m0/s1. The highest BCUT2D eigenvalue weighted by atomic mass is 32.1. The summed E-state index contributed by atoms with van der Waals surface area (Å²) in [6.07, 6.45) is 0. The first kappa shape index (κ1) is 16.9. The van der Waals surface area contributed by atoms with Gasteiger partial charge in [-0.25, -0.2) is 4.79 Å². The molecule has 0 radical (unpaired) electrons. The van der Waals surface area contributed by atoms with Crippen LogP contribution in [0.25, 0.3) is 0 Å². The Labute approximate surface area is 154 Å². The average Bonchev–Trinajstić information content (AvgIpc) is 3.36. The van der Waals surface area contributed by atoms with Gasteiger partial charge in [-0.05, 0) is 11.4 Å². The number of nitrogens with zero attached hydrogens (tertiary/aromatic N) is 1. The number of methoxy groups -OCH3 is 1. The zero-order valence-corrected chi connectivity index (χ0v) is 15.2. The smallest absolute Gasteiger partial charge is 0.373 e. The molecule has 4 rings (SSSR count). The van der Waals surface area contributed by atoms with Crippen molar-refractivity contribution >= 4 is 29.1 Å². The highest BCUT2D eigenvalue weighted by Crippen LogP contribution is 2.48. The third kappa shape index (κ3) is 2.10. The van der Waals surface area contributed by atoms with Gasteiger partial charge in [-0.2, -0.15) is 0 Å². The summed E-state index contributed by atoms with van der Waals surface area (Å²) in [4.78, 5) is 41.0. The second-order valence-electron chi connectivity index (χ2n) is 6.67. The second kappa shape index (κ2) is 6.03.